The molecule has 0 radical (unpaired) electrons. The Morgan fingerprint density at radius 1 is 1.59 bits per heavy atom. The molecule has 1 amide bonds. The molecule has 1 saturated heterocycles. The van der Waals surface area contributed by atoms with Crippen LogP contribution in [0, 0.1) is 0 Å². The van der Waals surface area contributed by atoms with E-state index in [2.05, 4.69) is 20.8 Å². The van der Waals surface area contributed by atoms with Crippen LogP contribution in [0.25, 0.3) is 0 Å². The Labute approximate surface area is 135 Å². The van der Waals surface area contributed by atoms with Crippen LogP contribution in [-0.2, 0) is 22.4 Å². The first-order valence-corrected chi connectivity index (χ1v) is 7.51. The van der Waals surface area contributed by atoms with Crippen molar-refractivity contribution in [2.75, 3.05) is 26.4 Å². The van der Waals surface area contributed by atoms with Crippen molar-refractivity contribution in [2.45, 2.75) is 38.5 Å². The van der Waals surface area contributed by atoms with Gasteiger partial charge in [-0.1, -0.05) is 0 Å². The molecule has 22 heavy (non-hydrogen) atoms. The molecule has 124 valence electrons. The van der Waals surface area contributed by atoms with Crippen LogP contribution in [0.5, 0.6) is 0 Å². The fourth-order valence-electron chi connectivity index (χ4n) is 2.67. The predicted molar refractivity (Wildman–Crippen MR) is 83.4 cm³/mol. The Kier molecular flexibility index (Phi) is 6.19. The average Bonchev–Trinajstić information content (AvgIpc) is 3.14. The third kappa shape index (κ3) is 3.98. The first kappa shape index (κ1) is 17.2. The molecule has 0 spiro atoms. The summed E-state index contributed by atoms with van der Waals surface area (Å²) in [7, 11) is 0. The van der Waals surface area contributed by atoms with Crippen LogP contribution >= 0.6 is 12.4 Å². The average molecular weight is 331 g/mol. The number of rotatable bonds is 5. The number of carbonyl (C=O) groups is 1. The first-order chi connectivity index (χ1) is 10.2. The number of aromatic amines is 1. The topological polar surface area (TPSA) is 88.3 Å². The Morgan fingerprint density at radius 3 is 3.23 bits per heavy atom. The minimum atomic E-state index is -0.144. The standard InChI is InChI=1S/C14H22N4O3.ClH/c1-9(7-21-10-3-5-20-8-10)16-14(19)13-11-6-15-4-2-12(11)17-18-13;/h9-10,15H,2-8H2,1H3,(H,16,19)(H,17,18);1H. The van der Waals surface area contributed by atoms with Crippen molar-refractivity contribution in [3.63, 3.8) is 0 Å². The van der Waals surface area contributed by atoms with Gasteiger partial charge in [-0.05, 0) is 13.3 Å². The summed E-state index contributed by atoms with van der Waals surface area (Å²) in [6.07, 6.45) is 1.97. The fourth-order valence-corrected chi connectivity index (χ4v) is 2.67. The summed E-state index contributed by atoms with van der Waals surface area (Å²) < 4.78 is 11.0. The molecule has 3 rings (SSSR count). The lowest BCUT2D eigenvalue weighted by molar-refractivity contribution is 0.0318. The van der Waals surface area contributed by atoms with Gasteiger partial charge in [-0.25, -0.2) is 0 Å². The second kappa shape index (κ2) is 7.92. The molecule has 2 aliphatic heterocycles. The number of H-pyrrole nitrogens is 1. The molecule has 0 saturated carbocycles. The van der Waals surface area contributed by atoms with Crippen molar-refractivity contribution in [2.24, 2.45) is 0 Å². The molecular formula is C14H23ClN4O3. The van der Waals surface area contributed by atoms with E-state index in [1.54, 1.807) is 0 Å². The number of nitrogens with one attached hydrogen (secondary N) is 3. The Morgan fingerprint density at radius 2 is 2.45 bits per heavy atom. The van der Waals surface area contributed by atoms with Crippen molar-refractivity contribution in [3.05, 3.63) is 17.0 Å². The van der Waals surface area contributed by atoms with Gasteiger partial charge in [0.15, 0.2) is 5.69 Å². The van der Waals surface area contributed by atoms with Gasteiger partial charge in [0.25, 0.3) is 5.91 Å². The highest BCUT2D eigenvalue weighted by Crippen LogP contribution is 2.15. The highest BCUT2D eigenvalue weighted by Gasteiger charge is 2.23. The number of carbonyl (C=O) groups excluding carboxylic acids is 1. The lowest BCUT2D eigenvalue weighted by Gasteiger charge is -2.17. The van der Waals surface area contributed by atoms with Gasteiger partial charge >= 0.3 is 0 Å². The highest BCUT2D eigenvalue weighted by atomic mass is 35.5. The van der Waals surface area contributed by atoms with Gasteiger partial charge in [0.2, 0.25) is 0 Å². The summed E-state index contributed by atoms with van der Waals surface area (Å²) >= 11 is 0. The maximum Gasteiger partial charge on any atom is 0.272 e. The largest absolute Gasteiger partial charge is 0.379 e. The maximum absolute atomic E-state index is 12.3. The van der Waals surface area contributed by atoms with Gasteiger partial charge in [0.1, 0.15) is 0 Å². The van der Waals surface area contributed by atoms with Crippen LogP contribution < -0.4 is 10.6 Å². The third-order valence-corrected chi connectivity index (χ3v) is 3.87. The van der Waals surface area contributed by atoms with Crippen molar-refractivity contribution in [1.82, 2.24) is 20.8 Å². The molecule has 3 heterocycles. The molecule has 1 aromatic rings. The second-order valence-corrected chi connectivity index (χ2v) is 5.65. The fraction of sp³-hybridized carbons (Fsp3) is 0.714. The van der Waals surface area contributed by atoms with E-state index in [1.807, 2.05) is 6.92 Å². The number of ether oxygens (including phenoxy) is 2. The number of fused-ring (bicyclic) bond motifs is 1. The summed E-state index contributed by atoms with van der Waals surface area (Å²) in [5, 5.41) is 13.3. The molecule has 0 bridgehead atoms. The summed E-state index contributed by atoms with van der Waals surface area (Å²) in [6.45, 7) is 5.45. The molecule has 0 aromatic carbocycles. The zero-order chi connectivity index (χ0) is 14.7. The first-order valence-electron chi connectivity index (χ1n) is 7.51. The third-order valence-electron chi connectivity index (χ3n) is 3.87. The number of halogens is 1. The van der Waals surface area contributed by atoms with Gasteiger partial charge in [-0.15, -0.1) is 12.4 Å². The van der Waals surface area contributed by atoms with Crippen molar-refractivity contribution < 1.29 is 14.3 Å². The zero-order valence-corrected chi connectivity index (χ0v) is 13.5. The van der Waals surface area contributed by atoms with Crippen molar-refractivity contribution in [1.29, 1.82) is 0 Å². The lowest BCUT2D eigenvalue weighted by Crippen LogP contribution is -2.38. The predicted octanol–water partition coefficient (Wildman–Crippen LogP) is 0.401. The zero-order valence-electron chi connectivity index (χ0n) is 12.7. The molecule has 8 heteroatoms. The van der Waals surface area contributed by atoms with E-state index < -0.39 is 0 Å². The van der Waals surface area contributed by atoms with Crippen LogP contribution in [0.15, 0.2) is 0 Å². The van der Waals surface area contributed by atoms with E-state index >= 15 is 0 Å². The van der Waals surface area contributed by atoms with Crippen LogP contribution in [0.1, 0.15) is 35.1 Å². The van der Waals surface area contributed by atoms with Gasteiger partial charge in [0, 0.05) is 43.4 Å². The molecule has 2 unspecified atom stereocenters. The molecule has 3 N–H and O–H groups in total. The molecule has 1 fully saturated rings. The second-order valence-electron chi connectivity index (χ2n) is 5.65. The van der Waals surface area contributed by atoms with Gasteiger partial charge in [-0.3, -0.25) is 9.89 Å². The summed E-state index contributed by atoms with van der Waals surface area (Å²) in [6, 6.07) is -0.0537. The maximum atomic E-state index is 12.3. The summed E-state index contributed by atoms with van der Waals surface area (Å²) in [4.78, 5) is 12.3. The van der Waals surface area contributed by atoms with Gasteiger partial charge in [-0.2, -0.15) is 5.10 Å². The van der Waals surface area contributed by atoms with Gasteiger partial charge < -0.3 is 20.1 Å². The summed E-state index contributed by atoms with van der Waals surface area (Å²) in [5.74, 6) is -0.144. The molecular weight excluding hydrogens is 308 g/mol. The minimum absolute atomic E-state index is 0. The summed E-state index contributed by atoms with van der Waals surface area (Å²) in [5.41, 5.74) is 2.54. The smallest absolute Gasteiger partial charge is 0.272 e. The molecule has 1 aromatic heterocycles. The van der Waals surface area contributed by atoms with Crippen LogP contribution in [0.2, 0.25) is 0 Å². The lowest BCUT2D eigenvalue weighted by atomic mass is 10.1. The Bertz CT molecular complexity index is 502. The van der Waals surface area contributed by atoms with E-state index in [0.29, 0.717) is 25.5 Å². The number of hydrogen-bond donors (Lipinski definition) is 3. The van der Waals surface area contributed by atoms with Crippen LogP contribution in [0.3, 0.4) is 0 Å². The SMILES string of the molecule is CC(COC1CCOC1)NC(=O)c1n[nH]c2c1CNCC2.Cl. The van der Waals surface area contributed by atoms with Crippen molar-refractivity contribution >= 4 is 18.3 Å². The molecule has 2 atom stereocenters. The van der Waals surface area contributed by atoms with E-state index in [4.69, 9.17) is 9.47 Å². The van der Waals surface area contributed by atoms with E-state index in [9.17, 15) is 4.79 Å². The number of amides is 1. The van der Waals surface area contributed by atoms with E-state index in [0.717, 1.165) is 37.3 Å². The van der Waals surface area contributed by atoms with Crippen molar-refractivity contribution in [3.8, 4) is 0 Å². The molecule has 0 aliphatic carbocycles. The number of nitrogens with zero attached hydrogens (tertiary/aromatic N) is 1. The number of aromatic nitrogens is 2. The Balaban J connectivity index is 0.00000176. The number of hydrogen-bond acceptors (Lipinski definition) is 5. The molecule has 2 aliphatic rings. The monoisotopic (exact) mass is 330 g/mol. The van der Waals surface area contributed by atoms with E-state index in [1.165, 1.54) is 0 Å². The van der Waals surface area contributed by atoms with Crippen LogP contribution in [-0.4, -0.2) is 54.6 Å². The van der Waals surface area contributed by atoms with E-state index in [-0.39, 0.29) is 30.5 Å². The van der Waals surface area contributed by atoms with Gasteiger partial charge in [0.05, 0.1) is 19.3 Å². The normalized spacial score (nSPS) is 21.8. The Hall–Kier alpha value is -1.15. The molecule has 7 nitrogen and oxygen atoms in total. The van der Waals surface area contributed by atoms with Crippen LogP contribution in [0.4, 0.5) is 0 Å². The minimum Gasteiger partial charge on any atom is -0.379 e. The quantitative estimate of drug-likeness (QED) is 0.727. The highest BCUT2D eigenvalue weighted by molar-refractivity contribution is 5.94.